The lowest BCUT2D eigenvalue weighted by Crippen LogP contribution is -2.58. The third kappa shape index (κ3) is 10.9. The van der Waals surface area contributed by atoms with Crippen LogP contribution in [-0.4, -0.2) is 64.8 Å². The molecule has 40 heavy (non-hydrogen) atoms. The Labute approximate surface area is 230 Å². The summed E-state index contributed by atoms with van der Waals surface area (Å²) in [4.78, 5) is 73.4. The zero-order valence-electron chi connectivity index (χ0n) is 21.7. The summed E-state index contributed by atoms with van der Waals surface area (Å²) >= 11 is 0. The minimum Gasteiger partial charge on any atom is -0.480 e. The van der Waals surface area contributed by atoms with Crippen LogP contribution in [0.5, 0.6) is 0 Å². The standard InChI is InChI=1S/C27H34N6O7/c28-18(13-16-7-3-1-4-8-16)24(36)32-20(14-17-9-5-2-6-10-17)25(37)33-21(15-23(30)35)26(38)31-19(27(39)40)11-12-22(29)34/h1-10,18-21H,11-15,28H2,(H2,29,34)(H2,30,35)(H,31,38)(H,32,36)(H,33,37)(H,39,40). The molecule has 0 aliphatic heterocycles. The van der Waals surface area contributed by atoms with E-state index >= 15 is 0 Å². The van der Waals surface area contributed by atoms with Crippen molar-refractivity contribution in [3.05, 3.63) is 71.8 Å². The Morgan fingerprint density at radius 2 is 1.12 bits per heavy atom. The number of carboxylic acid groups (broad SMARTS) is 1. The summed E-state index contributed by atoms with van der Waals surface area (Å²) < 4.78 is 0. The van der Waals surface area contributed by atoms with Crippen LogP contribution in [0, 0.1) is 0 Å². The van der Waals surface area contributed by atoms with Crippen molar-refractivity contribution in [2.75, 3.05) is 0 Å². The van der Waals surface area contributed by atoms with Crippen LogP contribution in [0.25, 0.3) is 0 Å². The number of hydrogen-bond donors (Lipinski definition) is 7. The summed E-state index contributed by atoms with van der Waals surface area (Å²) in [6.45, 7) is 0. The number of nitrogens with two attached hydrogens (primary N) is 3. The van der Waals surface area contributed by atoms with Crippen LogP contribution in [0.1, 0.15) is 30.4 Å². The number of carbonyl (C=O) groups is 6. The van der Waals surface area contributed by atoms with Crippen molar-refractivity contribution in [2.24, 2.45) is 17.2 Å². The highest BCUT2D eigenvalue weighted by atomic mass is 16.4. The van der Waals surface area contributed by atoms with Crippen molar-refractivity contribution < 1.29 is 33.9 Å². The van der Waals surface area contributed by atoms with Crippen LogP contribution in [0.4, 0.5) is 0 Å². The monoisotopic (exact) mass is 554 g/mol. The first kappa shape index (κ1) is 31.4. The van der Waals surface area contributed by atoms with Gasteiger partial charge in [0.1, 0.15) is 18.1 Å². The molecule has 0 bridgehead atoms. The fraction of sp³-hybridized carbons (Fsp3) is 0.333. The van der Waals surface area contributed by atoms with E-state index in [2.05, 4.69) is 16.0 Å². The largest absolute Gasteiger partial charge is 0.480 e. The van der Waals surface area contributed by atoms with Gasteiger partial charge in [0.2, 0.25) is 29.5 Å². The van der Waals surface area contributed by atoms with Crippen molar-refractivity contribution in [1.82, 2.24) is 16.0 Å². The Hall–Kier alpha value is -4.78. The van der Waals surface area contributed by atoms with Gasteiger partial charge in [0.25, 0.3) is 0 Å². The maximum absolute atomic E-state index is 13.3. The van der Waals surface area contributed by atoms with Crippen LogP contribution in [0.15, 0.2) is 60.7 Å². The van der Waals surface area contributed by atoms with Crippen LogP contribution in [-0.2, 0) is 41.6 Å². The number of aliphatic carboxylic acids is 1. The molecule has 4 unspecified atom stereocenters. The lowest BCUT2D eigenvalue weighted by molar-refractivity contribution is -0.142. The highest BCUT2D eigenvalue weighted by Gasteiger charge is 2.31. The predicted octanol–water partition coefficient (Wildman–Crippen LogP) is -1.52. The molecule has 0 radical (unpaired) electrons. The molecule has 0 fully saturated rings. The highest BCUT2D eigenvalue weighted by molar-refractivity contribution is 5.96. The average Bonchev–Trinajstić information content (AvgIpc) is 2.90. The minimum atomic E-state index is -1.56. The van der Waals surface area contributed by atoms with Gasteiger partial charge in [0, 0.05) is 12.8 Å². The number of carboxylic acids is 1. The van der Waals surface area contributed by atoms with Gasteiger partial charge in [-0.1, -0.05) is 60.7 Å². The Kier molecular flexibility index (Phi) is 12.3. The molecule has 5 amide bonds. The molecule has 13 nitrogen and oxygen atoms in total. The Bertz CT molecular complexity index is 1190. The number of amides is 5. The number of nitrogens with one attached hydrogen (secondary N) is 3. The first-order valence-corrected chi connectivity index (χ1v) is 12.5. The van der Waals surface area contributed by atoms with Gasteiger partial charge >= 0.3 is 5.97 Å². The molecule has 4 atom stereocenters. The molecule has 2 aromatic carbocycles. The molecule has 10 N–H and O–H groups in total. The second-order valence-electron chi connectivity index (χ2n) is 9.18. The summed E-state index contributed by atoms with van der Waals surface area (Å²) in [6.07, 6.45) is -1.05. The van der Waals surface area contributed by atoms with Crippen LogP contribution >= 0.6 is 0 Å². The molecule has 0 heterocycles. The fourth-order valence-electron chi connectivity index (χ4n) is 3.80. The quantitative estimate of drug-likeness (QED) is 0.128. The van der Waals surface area contributed by atoms with Gasteiger partial charge in [-0.2, -0.15) is 0 Å². The van der Waals surface area contributed by atoms with Gasteiger partial charge < -0.3 is 38.3 Å². The lowest BCUT2D eigenvalue weighted by Gasteiger charge is -2.25. The molecule has 0 aliphatic rings. The van der Waals surface area contributed by atoms with Gasteiger partial charge in [-0.25, -0.2) is 4.79 Å². The number of benzene rings is 2. The maximum atomic E-state index is 13.3. The Balaban J connectivity index is 2.20. The average molecular weight is 555 g/mol. The molecular weight excluding hydrogens is 520 g/mol. The number of primary amides is 2. The SMILES string of the molecule is NC(=O)CCC(NC(=O)C(CC(N)=O)NC(=O)C(Cc1ccccc1)NC(=O)C(N)Cc1ccccc1)C(=O)O. The van der Waals surface area contributed by atoms with Gasteiger partial charge in [-0.3, -0.25) is 24.0 Å². The fourth-order valence-corrected chi connectivity index (χ4v) is 3.80. The van der Waals surface area contributed by atoms with Crippen molar-refractivity contribution >= 4 is 35.5 Å². The zero-order chi connectivity index (χ0) is 29.7. The van der Waals surface area contributed by atoms with Crippen LogP contribution in [0.3, 0.4) is 0 Å². The first-order valence-electron chi connectivity index (χ1n) is 12.5. The minimum absolute atomic E-state index is 0.0255. The second-order valence-corrected chi connectivity index (χ2v) is 9.18. The van der Waals surface area contributed by atoms with E-state index in [1.54, 1.807) is 42.5 Å². The van der Waals surface area contributed by atoms with E-state index in [4.69, 9.17) is 17.2 Å². The lowest BCUT2D eigenvalue weighted by atomic mass is 10.0. The Morgan fingerprint density at radius 1 is 0.650 bits per heavy atom. The third-order valence-corrected chi connectivity index (χ3v) is 5.88. The van der Waals surface area contributed by atoms with Crippen molar-refractivity contribution in [3.8, 4) is 0 Å². The van der Waals surface area contributed by atoms with Crippen LogP contribution < -0.4 is 33.2 Å². The summed E-state index contributed by atoms with van der Waals surface area (Å²) in [7, 11) is 0. The summed E-state index contributed by atoms with van der Waals surface area (Å²) in [6, 6.07) is 12.5. The maximum Gasteiger partial charge on any atom is 0.326 e. The third-order valence-electron chi connectivity index (χ3n) is 5.88. The number of carbonyl (C=O) groups excluding carboxylic acids is 5. The van der Waals surface area contributed by atoms with Crippen LogP contribution in [0.2, 0.25) is 0 Å². The molecule has 0 saturated carbocycles. The molecule has 2 rings (SSSR count). The van der Waals surface area contributed by atoms with E-state index in [1.807, 2.05) is 18.2 Å². The van der Waals surface area contributed by atoms with Gasteiger partial charge in [-0.05, 0) is 24.0 Å². The summed E-state index contributed by atoms with van der Waals surface area (Å²) in [5.41, 5.74) is 17.9. The van der Waals surface area contributed by atoms with E-state index < -0.39 is 66.1 Å². The molecule has 0 saturated heterocycles. The molecule has 0 aromatic heterocycles. The van der Waals surface area contributed by atoms with Gasteiger partial charge in [0.15, 0.2) is 0 Å². The number of hydrogen-bond acceptors (Lipinski definition) is 7. The van der Waals surface area contributed by atoms with E-state index in [0.29, 0.717) is 5.56 Å². The highest BCUT2D eigenvalue weighted by Crippen LogP contribution is 2.07. The molecular formula is C27H34N6O7. The van der Waals surface area contributed by atoms with Crippen molar-refractivity contribution in [3.63, 3.8) is 0 Å². The second kappa shape index (κ2) is 15.6. The number of rotatable bonds is 16. The van der Waals surface area contributed by atoms with E-state index in [-0.39, 0.29) is 25.7 Å². The van der Waals surface area contributed by atoms with E-state index in [0.717, 1.165) is 5.56 Å². The molecule has 214 valence electrons. The van der Waals surface area contributed by atoms with Gasteiger partial charge in [0.05, 0.1) is 12.5 Å². The Morgan fingerprint density at radius 3 is 1.62 bits per heavy atom. The topological polar surface area (TPSA) is 237 Å². The molecule has 2 aromatic rings. The predicted molar refractivity (Wildman–Crippen MR) is 144 cm³/mol. The van der Waals surface area contributed by atoms with Gasteiger partial charge in [-0.15, -0.1) is 0 Å². The van der Waals surface area contributed by atoms with Crippen molar-refractivity contribution in [1.29, 1.82) is 0 Å². The van der Waals surface area contributed by atoms with Crippen molar-refractivity contribution in [2.45, 2.75) is 56.3 Å². The normalized spacial score (nSPS) is 13.6. The molecule has 0 aliphatic carbocycles. The smallest absolute Gasteiger partial charge is 0.326 e. The van der Waals surface area contributed by atoms with E-state index in [9.17, 15) is 33.9 Å². The zero-order valence-corrected chi connectivity index (χ0v) is 21.7. The summed E-state index contributed by atoms with van der Waals surface area (Å²) in [5.74, 6) is -5.62. The summed E-state index contributed by atoms with van der Waals surface area (Å²) in [5, 5.41) is 16.6. The first-order chi connectivity index (χ1) is 19.0. The molecule has 0 spiro atoms. The van der Waals surface area contributed by atoms with E-state index in [1.165, 1.54) is 0 Å². The molecule has 13 heteroatoms.